The molecule has 164 valence electrons. The number of hydrogen-bond acceptors (Lipinski definition) is 4. The quantitative estimate of drug-likeness (QED) is 0.414. The number of phenols is 1. The molecular formula is C25H25N3O4. The van der Waals surface area contributed by atoms with Crippen molar-refractivity contribution in [2.24, 2.45) is 5.73 Å². The summed E-state index contributed by atoms with van der Waals surface area (Å²) in [5, 5.41) is 14.9. The zero-order chi connectivity index (χ0) is 22.9. The maximum atomic E-state index is 13.1. The van der Waals surface area contributed by atoms with Gasteiger partial charge in [0, 0.05) is 18.4 Å². The molecule has 3 rings (SSSR count). The third-order valence-corrected chi connectivity index (χ3v) is 4.98. The summed E-state index contributed by atoms with van der Waals surface area (Å²) >= 11 is 0. The topological polar surface area (TPSA) is 122 Å². The van der Waals surface area contributed by atoms with Gasteiger partial charge in [-0.25, -0.2) is 0 Å². The molecule has 0 aliphatic carbocycles. The number of nitrogens with two attached hydrogens (primary N) is 1. The van der Waals surface area contributed by atoms with Crippen LogP contribution in [-0.2, 0) is 22.4 Å². The minimum Gasteiger partial charge on any atom is -0.508 e. The maximum Gasteiger partial charge on any atom is 0.251 e. The van der Waals surface area contributed by atoms with Crippen LogP contribution in [-0.4, -0.2) is 34.9 Å². The summed E-state index contributed by atoms with van der Waals surface area (Å²) in [6.07, 6.45) is 0.405. The van der Waals surface area contributed by atoms with Gasteiger partial charge in [-0.2, -0.15) is 0 Å². The molecule has 2 atom stereocenters. The predicted molar refractivity (Wildman–Crippen MR) is 121 cm³/mol. The Hall–Kier alpha value is -4.13. The number of benzene rings is 3. The summed E-state index contributed by atoms with van der Waals surface area (Å²) in [6.45, 7) is 0. The van der Waals surface area contributed by atoms with Crippen molar-refractivity contribution in [2.75, 3.05) is 0 Å². The lowest BCUT2D eigenvalue weighted by molar-refractivity contribution is -0.128. The van der Waals surface area contributed by atoms with Gasteiger partial charge >= 0.3 is 0 Å². The molecule has 0 fully saturated rings. The average molecular weight is 431 g/mol. The van der Waals surface area contributed by atoms with Crippen LogP contribution in [0.2, 0.25) is 0 Å². The first-order valence-electron chi connectivity index (χ1n) is 10.2. The first kappa shape index (κ1) is 22.6. The molecule has 0 bridgehead atoms. The smallest absolute Gasteiger partial charge is 0.251 e. The molecule has 0 spiro atoms. The van der Waals surface area contributed by atoms with Gasteiger partial charge in [0.2, 0.25) is 11.8 Å². The number of nitrogens with one attached hydrogen (secondary N) is 2. The SMILES string of the molecule is NC(=O)[C@H](Cc1ccccc1)NC(=O)[C@H](Cc1ccc(O)cc1)NC(=O)c1ccccc1. The average Bonchev–Trinajstić information content (AvgIpc) is 2.80. The van der Waals surface area contributed by atoms with E-state index in [1.165, 1.54) is 12.1 Å². The molecule has 32 heavy (non-hydrogen) atoms. The maximum absolute atomic E-state index is 13.1. The summed E-state index contributed by atoms with van der Waals surface area (Å²) in [7, 11) is 0. The van der Waals surface area contributed by atoms with E-state index in [2.05, 4.69) is 10.6 Å². The van der Waals surface area contributed by atoms with Gasteiger partial charge in [0.15, 0.2) is 0 Å². The van der Waals surface area contributed by atoms with Crippen LogP contribution in [0.3, 0.4) is 0 Å². The highest BCUT2D eigenvalue weighted by Crippen LogP contribution is 2.12. The Bertz CT molecular complexity index is 1050. The highest BCUT2D eigenvalue weighted by molar-refractivity contribution is 5.98. The third-order valence-electron chi connectivity index (χ3n) is 4.98. The molecule has 3 aromatic rings. The molecular weight excluding hydrogens is 406 g/mol. The van der Waals surface area contributed by atoms with Crippen LogP contribution in [0.1, 0.15) is 21.5 Å². The first-order valence-corrected chi connectivity index (χ1v) is 10.2. The zero-order valence-corrected chi connectivity index (χ0v) is 17.4. The summed E-state index contributed by atoms with van der Waals surface area (Å²) in [4.78, 5) is 37.8. The number of phenolic OH excluding ortho intramolecular Hbond substituents is 1. The molecule has 0 aliphatic rings. The first-order chi connectivity index (χ1) is 15.4. The molecule has 7 heteroatoms. The van der Waals surface area contributed by atoms with E-state index in [9.17, 15) is 19.5 Å². The Morgan fingerprint density at radius 1 is 0.719 bits per heavy atom. The van der Waals surface area contributed by atoms with Crippen molar-refractivity contribution in [3.8, 4) is 5.75 Å². The minimum absolute atomic E-state index is 0.0970. The third kappa shape index (κ3) is 6.43. The van der Waals surface area contributed by atoms with E-state index >= 15 is 0 Å². The monoisotopic (exact) mass is 431 g/mol. The second kappa shape index (κ2) is 10.8. The summed E-state index contributed by atoms with van der Waals surface area (Å²) in [6, 6.07) is 22.2. The van der Waals surface area contributed by atoms with E-state index in [0.29, 0.717) is 5.56 Å². The largest absolute Gasteiger partial charge is 0.508 e. The van der Waals surface area contributed by atoms with Crippen molar-refractivity contribution in [3.63, 3.8) is 0 Å². The van der Waals surface area contributed by atoms with Crippen molar-refractivity contribution < 1.29 is 19.5 Å². The van der Waals surface area contributed by atoms with Gasteiger partial charge in [0.05, 0.1) is 0 Å². The Morgan fingerprint density at radius 3 is 1.84 bits per heavy atom. The second-order valence-electron chi connectivity index (χ2n) is 7.42. The van der Waals surface area contributed by atoms with Gasteiger partial charge in [0.1, 0.15) is 17.8 Å². The molecule has 0 aromatic heterocycles. The number of aromatic hydroxyl groups is 1. The standard InChI is InChI=1S/C25H25N3O4/c26-23(30)21(15-17-7-3-1-4-8-17)27-25(32)22(16-18-11-13-20(29)14-12-18)28-24(31)19-9-5-2-6-10-19/h1-14,21-22,29H,15-16H2,(H2,26,30)(H,27,32)(H,28,31)/t21-,22-/m0/s1. The molecule has 0 unspecified atom stereocenters. The lowest BCUT2D eigenvalue weighted by atomic mass is 10.0. The van der Waals surface area contributed by atoms with E-state index in [4.69, 9.17) is 5.73 Å². The van der Waals surface area contributed by atoms with Gasteiger partial charge in [-0.1, -0.05) is 60.7 Å². The summed E-state index contributed by atoms with van der Waals surface area (Å²) in [5.74, 6) is -1.51. The van der Waals surface area contributed by atoms with E-state index in [1.54, 1.807) is 42.5 Å². The van der Waals surface area contributed by atoms with Gasteiger partial charge < -0.3 is 21.5 Å². The molecule has 0 heterocycles. The van der Waals surface area contributed by atoms with Crippen LogP contribution in [0.4, 0.5) is 0 Å². The Morgan fingerprint density at radius 2 is 1.25 bits per heavy atom. The van der Waals surface area contributed by atoms with Crippen LogP contribution in [0.5, 0.6) is 5.75 Å². The van der Waals surface area contributed by atoms with E-state index in [-0.39, 0.29) is 18.6 Å². The van der Waals surface area contributed by atoms with Gasteiger partial charge in [0.25, 0.3) is 5.91 Å². The van der Waals surface area contributed by atoms with Crippen molar-refractivity contribution in [1.82, 2.24) is 10.6 Å². The lowest BCUT2D eigenvalue weighted by Crippen LogP contribution is -2.54. The molecule has 3 aromatic carbocycles. The van der Waals surface area contributed by atoms with E-state index in [0.717, 1.165) is 11.1 Å². The molecule has 0 aliphatic heterocycles. The minimum atomic E-state index is -0.954. The number of primary amides is 1. The van der Waals surface area contributed by atoms with Crippen LogP contribution < -0.4 is 16.4 Å². The second-order valence-corrected chi connectivity index (χ2v) is 7.42. The van der Waals surface area contributed by atoms with Crippen molar-refractivity contribution in [1.29, 1.82) is 0 Å². The van der Waals surface area contributed by atoms with Crippen LogP contribution >= 0.6 is 0 Å². The van der Waals surface area contributed by atoms with Crippen LogP contribution in [0.15, 0.2) is 84.9 Å². The van der Waals surface area contributed by atoms with Crippen LogP contribution in [0.25, 0.3) is 0 Å². The lowest BCUT2D eigenvalue weighted by Gasteiger charge is -2.22. The highest BCUT2D eigenvalue weighted by Gasteiger charge is 2.26. The summed E-state index contributed by atoms with van der Waals surface area (Å²) < 4.78 is 0. The summed E-state index contributed by atoms with van der Waals surface area (Å²) in [5.41, 5.74) is 7.51. The van der Waals surface area contributed by atoms with Gasteiger partial charge in [-0.05, 0) is 35.4 Å². The zero-order valence-electron chi connectivity index (χ0n) is 17.4. The molecule has 3 amide bonds. The van der Waals surface area contributed by atoms with Crippen molar-refractivity contribution >= 4 is 17.7 Å². The fourth-order valence-electron chi connectivity index (χ4n) is 3.25. The molecule has 0 saturated heterocycles. The molecule has 5 N–H and O–H groups in total. The fraction of sp³-hybridized carbons (Fsp3) is 0.160. The van der Waals surface area contributed by atoms with Crippen LogP contribution in [0, 0.1) is 0 Å². The number of rotatable bonds is 9. The Labute approximate surface area is 186 Å². The van der Waals surface area contributed by atoms with E-state index < -0.39 is 29.8 Å². The molecule has 7 nitrogen and oxygen atoms in total. The van der Waals surface area contributed by atoms with E-state index in [1.807, 2.05) is 30.3 Å². The van der Waals surface area contributed by atoms with Gasteiger partial charge in [-0.15, -0.1) is 0 Å². The Kier molecular flexibility index (Phi) is 7.59. The normalized spacial score (nSPS) is 12.4. The highest BCUT2D eigenvalue weighted by atomic mass is 16.3. The predicted octanol–water partition coefficient (Wildman–Crippen LogP) is 1.95. The number of amides is 3. The number of carbonyl (C=O) groups excluding carboxylic acids is 3. The fourth-order valence-corrected chi connectivity index (χ4v) is 3.25. The molecule has 0 saturated carbocycles. The number of hydrogen-bond donors (Lipinski definition) is 4. The van der Waals surface area contributed by atoms with Gasteiger partial charge in [-0.3, -0.25) is 14.4 Å². The molecule has 0 radical (unpaired) electrons. The van der Waals surface area contributed by atoms with Crippen molar-refractivity contribution in [3.05, 3.63) is 102 Å². The Balaban J connectivity index is 1.78. The van der Waals surface area contributed by atoms with Crippen molar-refractivity contribution in [2.45, 2.75) is 24.9 Å². The number of carbonyl (C=O) groups is 3.